The van der Waals surface area contributed by atoms with Crippen molar-refractivity contribution in [2.45, 2.75) is 44.6 Å². The fourth-order valence-corrected chi connectivity index (χ4v) is 3.93. The van der Waals surface area contributed by atoms with Gasteiger partial charge >= 0.3 is 0 Å². The van der Waals surface area contributed by atoms with Gasteiger partial charge in [0.25, 0.3) is 0 Å². The van der Waals surface area contributed by atoms with Crippen LogP contribution in [-0.2, 0) is 4.79 Å². The molecule has 1 amide bonds. The van der Waals surface area contributed by atoms with Crippen LogP contribution >= 0.6 is 11.8 Å². The van der Waals surface area contributed by atoms with Crippen LogP contribution in [0.4, 0.5) is 0 Å². The highest BCUT2D eigenvalue weighted by Crippen LogP contribution is 2.28. The first kappa shape index (κ1) is 13.2. The fraction of sp³-hybridized carbons (Fsp3) is 0.923. The summed E-state index contributed by atoms with van der Waals surface area (Å²) in [6.07, 6.45) is 6.64. The number of carbonyl (C=O) groups is 1. The predicted octanol–water partition coefficient (Wildman–Crippen LogP) is 1.76. The number of carbonyl (C=O) groups excluding carboxylic acids is 1. The van der Waals surface area contributed by atoms with Gasteiger partial charge in [-0.1, -0.05) is 0 Å². The van der Waals surface area contributed by atoms with E-state index in [4.69, 9.17) is 5.73 Å². The van der Waals surface area contributed by atoms with E-state index in [2.05, 4.69) is 5.32 Å². The number of thioether (sulfide) groups is 1. The number of hydrogen-bond acceptors (Lipinski definition) is 3. The summed E-state index contributed by atoms with van der Waals surface area (Å²) in [5, 5.41) is 3.24. The summed E-state index contributed by atoms with van der Waals surface area (Å²) < 4.78 is 0. The van der Waals surface area contributed by atoms with Gasteiger partial charge in [-0.05, 0) is 62.5 Å². The number of amides is 1. The van der Waals surface area contributed by atoms with Crippen LogP contribution in [0.2, 0.25) is 0 Å². The molecule has 0 aromatic heterocycles. The molecule has 0 bridgehead atoms. The first-order valence-electron chi connectivity index (χ1n) is 6.87. The summed E-state index contributed by atoms with van der Waals surface area (Å²) >= 11 is 2.00. The Labute approximate surface area is 108 Å². The average molecular weight is 256 g/mol. The van der Waals surface area contributed by atoms with Crippen molar-refractivity contribution in [1.29, 1.82) is 0 Å². The van der Waals surface area contributed by atoms with Gasteiger partial charge in [0.1, 0.15) is 0 Å². The summed E-state index contributed by atoms with van der Waals surface area (Å²) in [5.41, 5.74) is 5.67. The highest BCUT2D eigenvalue weighted by Gasteiger charge is 2.27. The molecular weight excluding hydrogens is 232 g/mol. The van der Waals surface area contributed by atoms with Crippen molar-refractivity contribution >= 4 is 17.7 Å². The minimum absolute atomic E-state index is 0.257. The first-order chi connectivity index (χ1) is 8.29. The molecule has 1 saturated heterocycles. The van der Waals surface area contributed by atoms with Crippen molar-refractivity contribution < 1.29 is 4.79 Å². The Morgan fingerprint density at radius 3 is 2.35 bits per heavy atom. The lowest BCUT2D eigenvalue weighted by Gasteiger charge is -2.29. The molecule has 3 nitrogen and oxygen atoms in total. The molecule has 0 aromatic rings. The Morgan fingerprint density at radius 1 is 1.12 bits per heavy atom. The number of hydrogen-bond donors (Lipinski definition) is 2. The fourth-order valence-electron chi connectivity index (χ4n) is 2.82. The van der Waals surface area contributed by atoms with Gasteiger partial charge in [0.05, 0.1) is 0 Å². The van der Waals surface area contributed by atoms with Crippen LogP contribution in [-0.4, -0.2) is 30.0 Å². The summed E-state index contributed by atoms with van der Waals surface area (Å²) in [4.78, 5) is 12.1. The Kier molecular flexibility index (Phi) is 5.16. The zero-order valence-corrected chi connectivity index (χ0v) is 11.3. The first-order valence-corrected chi connectivity index (χ1v) is 8.03. The molecule has 4 heteroatoms. The van der Waals surface area contributed by atoms with Gasteiger partial charge in [-0.25, -0.2) is 0 Å². The Balaban J connectivity index is 1.72. The molecule has 1 aliphatic heterocycles. The van der Waals surface area contributed by atoms with E-state index in [9.17, 15) is 4.79 Å². The Morgan fingerprint density at radius 2 is 1.76 bits per heavy atom. The van der Waals surface area contributed by atoms with Crippen LogP contribution in [0.25, 0.3) is 0 Å². The van der Waals surface area contributed by atoms with E-state index in [1.165, 1.54) is 11.5 Å². The molecule has 17 heavy (non-hydrogen) atoms. The summed E-state index contributed by atoms with van der Waals surface area (Å²) in [6, 6.07) is 0.441. The van der Waals surface area contributed by atoms with Gasteiger partial charge in [0.15, 0.2) is 0 Å². The molecule has 98 valence electrons. The third-order valence-electron chi connectivity index (χ3n) is 4.12. The highest BCUT2D eigenvalue weighted by atomic mass is 32.2. The largest absolute Gasteiger partial charge is 0.353 e. The molecule has 2 fully saturated rings. The van der Waals surface area contributed by atoms with Crippen molar-refractivity contribution in [2.24, 2.45) is 17.6 Å². The van der Waals surface area contributed by atoms with Crippen molar-refractivity contribution in [2.75, 3.05) is 18.1 Å². The molecule has 1 heterocycles. The summed E-state index contributed by atoms with van der Waals surface area (Å²) in [5.74, 6) is 3.62. The van der Waals surface area contributed by atoms with Crippen LogP contribution in [0, 0.1) is 11.8 Å². The molecular formula is C13H24N2OS. The Bertz CT molecular complexity index is 246. The lowest BCUT2D eigenvalue weighted by molar-refractivity contribution is -0.127. The van der Waals surface area contributed by atoms with Crippen LogP contribution in [0.5, 0.6) is 0 Å². The van der Waals surface area contributed by atoms with Gasteiger partial charge < -0.3 is 11.1 Å². The number of nitrogens with two attached hydrogens (primary N) is 1. The van der Waals surface area contributed by atoms with E-state index in [1.54, 1.807) is 0 Å². The smallest absolute Gasteiger partial charge is 0.223 e. The van der Waals surface area contributed by atoms with Crippen LogP contribution in [0.3, 0.4) is 0 Å². The molecule has 2 rings (SSSR count). The minimum Gasteiger partial charge on any atom is -0.353 e. The lowest BCUT2D eigenvalue weighted by atomic mass is 9.81. The number of nitrogens with one attached hydrogen (secondary N) is 1. The van der Waals surface area contributed by atoms with Gasteiger partial charge in [-0.3, -0.25) is 4.79 Å². The van der Waals surface area contributed by atoms with Gasteiger partial charge in [-0.2, -0.15) is 11.8 Å². The highest BCUT2D eigenvalue weighted by molar-refractivity contribution is 7.99. The molecule has 0 unspecified atom stereocenters. The quantitative estimate of drug-likeness (QED) is 0.809. The second-order valence-corrected chi connectivity index (χ2v) is 6.57. The van der Waals surface area contributed by atoms with E-state index in [0.717, 1.165) is 45.1 Å². The topological polar surface area (TPSA) is 55.1 Å². The van der Waals surface area contributed by atoms with Gasteiger partial charge in [0.2, 0.25) is 5.91 Å². The minimum atomic E-state index is 0.257. The molecule has 2 aliphatic rings. The molecule has 0 atom stereocenters. The van der Waals surface area contributed by atoms with E-state index in [-0.39, 0.29) is 5.92 Å². The van der Waals surface area contributed by atoms with Crippen LogP contribution in [0.1, 0.15) is 38.5 Å². The zero-order valence-electron chi connectivity index (χ0n) is 10.5. The molecule has 0 spiro atoms. The SMILES string of the molecule is NCC1CCC(C(=O)NC2CCSCC2)CC1. The van der Waals surface area contributed by atoms with Crippen LogP contribution in [0.15, 0.2) is 0 Å². The van der Waals surface area contributed by atoms with Crippen molar-refractivity contribution in [3.8, 4) is 0 Å². The van der Waals surface area contributed by atoms with Gasteiger partial charge in [-0.15, -0.1) is 0 Å². The lowest BCUT2D eigenvalue weighted by Crippen LogP contribution is -2.42. The van der Waals surface area contributed by atoms with E-state index < -0.39 is 0 Å². The maximum absolute atomic E-state index is 12.1. The molecule has 0 aromatic carbocycles. The third kappa shape index (κ3) is 3.88. The van der Waals surface area contributed by atoms with E-state index in [1.807, 2.05) is 11.8 Å². The third-order valence-corrected chi connectivity index (χ3v) is 5.17. The number of rotatable bonds is 3. The maximum atomic E-state index is 12.1. The van der Waals surface area contributed by atoms with Crippen LogP contribution < -0.4 is 11.1 Å². The zero-order chi connectivity index (χ0) is 12.1. The monoisotopic (exact) mass is 256 g/mol. The normalized spacial score (nSPS) is 31.1. The molecule has 0 radical (unpaired) electrons. The second-order valence-electron chi connectivity index (χ2n) is 5.35. The van der Waals surface area contributed by atoms with Gasteiger partial charge in [0, 0.05) is 12.0 Å². The maximum Gasteiger partial charge on any atom is 0.223 e. The molecule has 3 N–H and O–H groups in total. The van der Waals surface area contributed by atoms with Crippen molar-refractivity contribution in [3.63, 3.8) is 0 Å². The van der Waals surface area contributed by atoms with Crippen molar-refractivity contribution in [1.82, 2.24) is 5.32 Å². The predicted molar refractivity (Wildman–Crippen MR) is 73.0 cm³/mol. The molecule has 1 saturated carbocycles. The summed E-state index contributed by atoms with van der Waals surface area (Å²) in [6.45, 7) is 0.786. The standard InChI is InChI=1S/C13H24N2OS/c14-9-10-1-3-11(4-2-10)13(16)15-12-5-7-17-8-6-12/h10-12H,1-9,14H2,(H,15,16). The second kappa shape index (κ2) is 6.64. The van der Waals surface area contributed by atoms with Crippen molar-refractivity contribution in [3.05, 3.63) is 0 Å². The van der Waals surface area contributed by atoms with E-state index >= 15 is 0 Å². The molecule has 1 aliphatic carbocycles. The van der Waals surface area contributed by atoms with E-state index in [0.29, 0.717) is 17.9 Å². The Hall–Kier alpha value is -0.220. The average Bonchev–Trinajstić information content (AvgIpc) is 2.40. The summed E-state index contributed by atoms with van der Waals surface area (Å²) in [7, 11) is 0.